The third-order valence-corrected chi connectivity index (χ3v) is 4.50. The molecule has 4 aromatic rings. The Labute approximate surface area is 171 Å². The van der Waals surface area contributed by atoms with Crippen molar-refractivity contribution < 1.29 is 13.2 Å². The number of anilines is 3. The van der Waals surface area contributed by atoms with E-state index in [0.29, 0.717) is 21.3 Å². The Kier molecular flexibility index (Phi) is 4.67. The molecule has 1 aromatic carbocycles. The van der Waals surface area contributed by atoms with E-state index in [1.807, 2.05) is 0 Å². The molecule has 7 nitrogen and oxygen atoms in total. The van der Waals surface area contributed by atoms with Gasteiger partial charge in [0.05, 0.1) is 27.5 Å². The molecule has 3 aromatic heterocycles. The van der Waals surface area contributed by atoms with Crippen LogP contribution in [-0.4, -0.2) is 24.9 Å². The normalized spacial score (nSPS) is 11.8. The molecule has 12 heteroatoms. The van der Waals surface area contributed by atoms with Crippen molar-refractivity contribution in [3.8, 4) is 11.4 Å². The number of nitrogens with two attached hydrogens (primary N) is 1. The monoisotopic (exact) mass is 439 g/mol. The lowest BCUT2D eigenvalue weighted by atomic mass is 10.2. The number of fused-ring (bicyclic) bond motifs is 1. The predicted octanol–water partition coefficient (Wildman–Crippen LogP) is 5.07. The van der Waals surface area contributed by atoms with Crippen LogP contribution < -0.4 is 11.1 Å². The fourth-order valence-electron chi connectivity index (χ4n) is 2.60. The van der Waals surface area contributed by atoms with E-state index in [0.717, 1.165) is 12.3 Å². The highest BCUT2D eigenvalue weighted by Gasteiger charge is 2.32. The first-order valence-electron chi connectivity index (χ1n) is 8.00. The van der Waals surface area contributed by atoms with Crippen LogP contribution in [0.4, 0.5) is 30.6 Å². The van der Waals surface area contributed by atoms with Crippen LogP contribution in [-0.2, 0) is 6.18 Å². The highest BCUT2D eigenvalue weighted by molar-refractivity contribution is 6.39. The number of benzene rings is 1. The van der Waals surface area contributed by atoms with Gasteiger partial charge in [-0.05, 0) is 24.3 Å². The van der Waals surface area contributed by atoms with Crippen molar-refractivity contribution >= 4 is 51.8 Å². The van der Waals surface area contributed by atoms with Gasteiger partial charge in [0.2, 0.25) is 0 Å². The number of imidazole rings is 1. The molecule has 0 saturated carbocycles. The Bertz CT molecular complexity index is 1190. The van der Waals surface area contributed by atoms with Gasteiger partial charge in [-0.1, -0.05) is 29.3 Å². The van der Waals surface area contributed by atoms with E-state index in [1.165, 1.54) is 6.07 Å². The molecular weight excluding hydrogens is 430 g/mol. The van der Waals surface area contributed by atoms with Gasteiger partial charge in [-0.15, -0.1) is 0 Å². The van der Waals surface area contributed by atoms with Crippen molar-refractivity contribution in [2.45, 2.75) is 6.18 Å². The third-order valence-electron chi connectivity index (χ3n) is 3.87. The van der Waals surface area contributed by atoms with Gasteiger partial charge in [0.25, 0.3) is 0 Å². The minimum absolute atomic E-state index is 0.0882. The number of hydrogen-bond donors (Lipinski definition) is 3. The minimum atomic E-state index is -4.54. The van der Waals surface area contributed by atoms with Crippen LogP contribution in [0.1, 0.15) is 5.69 Å². The number of nitrogen functional groups attached to an aromatic ring is 1. The lowest BCUT2D eigenvalue weighted by molar-refractivity contribution is -0.141. The van der Waals surface area contributed by atoms with Crippen molar-refractivity contribution in [3.63, 3.8) is 0 Å². The van der Waals surface area contributed by atoms with Crippen LogP contribution in [0.3, 0.4) is 0 Å². The fraction of sp³-hybridized carbons (Fsp3) is 0.0588. The van der Waals surface area contributed by atoms with Gasteiger partial charge in [-0.25, -0.2) is 19.9 Å². The van der Waals surface area contributed by atoms with E-state index >= 15 is 0 Å². The molecule has 4 rings (SSSR count). The Morgan fingerprint density at radius 3 is 2.34 bits per heavy atom. The smallest absolute Gasteiger partial charge is 0.369 e. The number of nitrogens with zero attached hydrogens (tertiary/aromatic N) is 4. The highest BCUT2D eigenvalue weighted by atomic mass is 35.5. The zero-order valence-corrected chi connectivity index (χ0v) is 15.7. The molecule has 0 radical (unpaired) electrons. The summed E-state index contributed by atoms with van der Waals surface area (Å²) in [5.41, 5.74) is 5.94. The first-order chi connectivity index (χ1) is 13.7. The second kappa shape index (κ2) is 7.05. The number of aromatic nitrogens is 5. The van der Waals surface area contributed by atoms with Crippen molar-refractivity contribution in [2.75, 3.05) is 11.1 Å². The summed E-state index contributed by atoms with van der Waals surface area (Å²) in [4.78, 5) is 19.1. The molecular formula is C17H10Cl2F3N7. The zero-order valence-electron chi connectivity index (χ0n) is 14.2. The minimum Gasteiger partial charge on any atom is -0.369 e. The Morgan fingerprint density at radius 1 is 1.00 bits per heavy atom. The summed E-state index contributed by atoms with van der Waals surface area (Å²) < 4.78 is 38.2. The van der Waals surface area contributed by atoms with E-state index in [4.69, 9.17) is 28.9 Å². The topological polar surface area (TPSA) is 105 Å². The molecule has 0 aliphatic carbocycles. The number of hydrogen-bond acceptors (Lipinski definition) is 6. The fourth-order valence-corrected chi connectivity index (χ4v) is 3.17. The Morgan fingerprint density at radius 2 is 1.72 bits per heavy atom. The second-order valence-electron chi connectivity index (χ2n) is 5.87. The molecule has 0 amide bonds. The van der Waals surface area contributed by atoms with Gasteiger partial charge in [0.1, 0.15) is 5.69 Å². The number of nitrogens with one attached hydrogen (secondary N) is 2. The molecule has 0 bridgehead atoms. The maximum absolute atomic E-state index is 12.7. The largest absolute Gasteiger partial charge is 0.433 e. The third kappa shape index (κ3) is 3.76. The first kappa shape index (κ1) is 19.2. The SMILES string of the molecule is Nc1nc2c(Nc3ccc(C(F)(F)F)nc3)nc(-c3c(Cl)cccc3Cl)nc2[nH]1. The predicted molar refractivity (Wildman–Crippen MR) is 104 cm³/mol. The van der Waals surface area contributed by atoms with Crippen molar-refractivity contribution in [1.82, 2.24) is 24.9 Å². The number of aromatic amines is 1. The lowest BCUT2D eigenvalue weighted by Gasteiger charge is -2.11. The van der Waals surface area contributed by atoms with Crippen LogP contribution >= 0.6 is 23.2 Å². The molecule has 29 heavy (non-hydrogen) atoms. The molecule has 0 fully saturated rings. The van der Waals surface area contributed by atoms with Crippen LogP contribution in [0, 0.1) is 0 Å². The van der Waals surface area contributed by atoms with Gasteiger partial charge in [0.15, 0.2) is 28.8 Å². The molecule has 0 atom stereocenters. The number of H-pyrrole nitrogens is 1. The Balaban J connectivity index is 1.81. The molecule has 0 saturated heterocycles. The van der Waals surface area contributed by atoms with Crippen LogP contribution in [0.2, 0.25) is 10.0 Å². The average Bonchev–Trinajstić information content (AvgIpc) is 3.02. The van der Waals surface area contributed by atoms with E-state index in [1.54, 1.807) is 18.2 Å². The summed E-state index contributed by atoms with van der Waals surface area (Å²) in [5.74, 6) is 0.458. The van der Waals surface area contributed by atoms with Gasteiger partial charge in [0, 0.05) is 0 Å². The van der Waals surface area contributed by atoms with E-state index in [9.17, 15) is 13.2 Å². The first-order valence-corrected chi connectivity index (χ1v) is 8.76. The van der Waals surface area contributed by atoms with E-state index in [-0.39, 0.29) is 28.8 Å². The van der Waals surface area contributed by atoms with Gasteiger partial charge in [-0.3, -0.25) is 0 Å². The number of rotatable bonds is 3. The Hall–Kier alpha value is -3.11. The summed E-state index contributed by atoms with van der Waals surface area (Å²) in [5, 5.41) is 3.53. The molecule has 3 heterocycles. The summed E-state index contributed by atoms with van der Waals surface area (Å²) >= 11 is 12.5. The summed E-state index contributed by atoms with van der Waals surface area (Å²) in [6.07, 6.45) is -3.50. The van der Waals surface area contributed by atoms with Crippen LogP contribution in [0.5, 0.6) is 0 Å². The van der Waals surface area contributed by atoms with Crippen molar-refractivity contribution in [2.24, 2.45) is 0 Å². The van der Waals surface area contributed by atoms with E-state index < -0.39 is 11.9 Å². The van der Waals surface area contributed by atoms with Crippen molar-refractivity contribution in [1.29, 1.82) is 0 Å². The van der Waals surface area contributed by atoms with Crippen molar-refractivity contribution in [3.05, 3.63) is 52.3 Å². The van der Waals surface area contributed by atoms with Crippen LogP contribution in [0.15, 0.2) is 36.5 Å². The number of halogens is 5. The number of pyridine rings is 1. The lowest BCUT2D eigenvalue weighted by Crippen LogP contribution is -2.08. The van der Waals surface area contributed by atoms with E-state index in [2.05, 4.69) is 30.2 Å². The molecule has 0 unspecified atom stereocenters. The zero-order chi connectivity index (χ0) is 20.8. The average molecular weight is 440 g/mol. The molecule has 0 aliphatic rings. The van der Waals surface area contributed by atoms with Gasteiger partial charge < -0.3 is 16.0 Å². The molecule has 148 valence electrons. The van der Waals surface area contributed by atoms with Crippen LogP contribution in [0.25, 0.3) is 22.6 Å². The highest BCUT2D eigenvalue weighted by Crippen LogP contribution is 2.35. The summed E-state index contributed by atoms with van der Waals surface area (Å²) in [6, 6.07) is 7.01. The quantitative estimate of drug-likeness (QED) is 0.411. The maximum atomic E-state index is 12.7. The summed E-state index contributed by atoms with van der Waals surface area (Å²) in [7, 11) is 0. The standard InChI is InChI=1S/C17H10Cl2F3N7/c18-8-2-1-3-9(19)11(8)13-27-14(12-15(28-13)29-16(23)26-12)25-7-4-5-10(24-6-7)17(20,21)22/h1-6H,(H4,23,25,26,27,28,29). The molecule has 4 N–H and O–H groups in total. The van der Waals surface area contributed by atoms with Gasteiger partial charge in [-0.2, -0.15) is 13.2 Å². The second-order valence-corrected chi connectivity index (χ2v) is 6.68. The number of alkyl halides is 3. The maximum Gasteiger partial charge on any atom is 0.433 e. The van der Waals surface area contributed by atoms with Gasteiger partial charge >= 0.3 is 6.18 Å². The molecule has 0 aliphatic heterocycles. The summed E-state index contributed by atoms with van der Waals surface area (Å²) in [6.45, 7) is 0. The molecule has 0 spiro atoms.